The highest BCUT2D eigenvalue weighted by Gasteiger charge is 2.41. The van der Waals surface area contributed by atoms with Gasteiger partial charge in [0.05, 0.1) is 5.54 Å². The van der Waals surface area contributed by atoms with Crippen LogP contribution in [-0.2, 0) is 12.1 Å². The van der Waals surface area contributed by atoms with Crippen LogP contribution in [0.4, 0.5) is 0 Å². The molecule has 1 aliphatic carbocycles. The van der Waals surface area contributed by atoms with Crippen LogP contribution in [0.1, 0.15) is 36.8 Å². The topological polar surface area (TPSA) is 24.1 Å². The third-order valence-corrected chi connectivity index (χ3v) is 5.43. The molecular formula is C20H25ClN2. The Labute approximate surface area is 144 Å². The van der Waals surface area contributed by atoms with Crippen molar-refractivity contribution in [3.63, 3.8) is 0 Å². The zero-order valence-corrected chi connectivity index (χ0v) is 14.4. The van der Waals surface area contributed by atoms with E-state index in [0.717, 1.165) is 18.0 Å². The Hall–Kier alpha value is -1.35. The monoisotopic (exact) mass is 328 g/mol. The molecule has 2 N–H and O–H groups in total. The molecule has 0 aliphatic heterocycles. The van der Waals surface area contributed by atoms with Crippen LogP contribution >= 0.6 is 11.6 Å². The number of benzene rings is 2. The first-order valence-corrected chi connectivity index (χ1v) is 8.85. The van der Waals surface area contributed by atoms with Gasteiger partial charge in [0.2, 0.25) is 0 Å². The molecular weight excluding hydrogens is 304 g/mol. The van der Waals surface area contributed by atoms with Crippen LogP contribution in [0.3, 0.4) is 0 Å². The number of hydrogen-bond donors (Lipinski definition) is 2. The predicted molar refractivity (Wildman–Crippen MR) is 97.7 cm³/mol. The van der Waals surface area contributed by atoms with Crippen LogP contribution in [0, 0.1) is 0 Å². The first-order chi connectivity index (χ1) is 11.3. The van der Waals surface area contributed by atoms with Gasteiger partial charge in [0.25, 0.3) is 0 Å². The summed E-state index contributed by atoms with van der Waals surface area (Å²) in [5, 5.41) is 8.25. The van der Waals surface area contributed by atoms with Crippen LogP contribution in [-0.4, -0.2) is 13.1 Å². The van der Waals surface area contributed by atoms with Crippen LogP contribution in [0.5, 0.6) is 0 Å². The van der Waals surface area contributed by atoms with Crippen LogP contribution < -0.4 is 10.6 Å². The summed E-state index contributed by atoms with van der Waals surface area (Å²) in [5.74, 6) is 0. The summed E-state index contributed by atoms with van der Waals surface area (Å²) in [6, 6.07) is 19.2. The van der Waals surface area contributed by atoms with E-state index in [2.05, 4.69) is 60.1 Å². The van der Waals surface area contributed by atoms with Crippen molar-refractivity contribution in [2.75, 3.05) is 7.05 Å². The fraction of sp³-hybridized carbons (Fsp3) is 0.400. The summed E-state index contributed by atoms with van der Waals surface area (Å²) in [5.41, 5.74) is 2.45. The molecule has 0 bridgehead atoms. The first-order valence-electron chi connectivity index (χ1n) is 8.47. The maximum absolute atomic E-state index is 6.54. The molecule has 0 amide bonds. The summed E-state index contributed by atoms with van der Waals surface area (Å²) in [4.78, 5) is 0. The van der Waals surface area contributed by atoms with Crippen molar-refractivity contribution in [1.82, 2.24) is 10.6 Å². The van der Waals surface area contributed by atoms with E-state index in [-0.39, 0.29) is 5.54 Å². The predicted octanol–water partition coefficient (Wildman–Crippen LogP) is 4.49. The van der Waals surface area contributed by atoms with Gasteiger partial charge < -0.3 is 10.6 Å². The van der Waals surface area contributed by atoms with Crippen molar-refractivity contribution in [1.29, 1.82) is 0 Å². The minimum absolute atomic E-state index is 0.0919. The van der Waals surface area contributed by atoms with Gasteiger partial charge in [-0.05, 0) is 37.1 Å². The molecule has 3 rings (SSSR count). The largest absolute Gasteiger partial charge is 0.309 e. The van der Waals surface area contributed by atoms with E-state index in [0.29, 0.717) is 6.04 Å². The molecule has 2 nitrogen and oxygen atoms in total. The molecule has 0 saturated heterocycles. The van der Waals surface area contributed by atoms with Gasteiger partial charge >= 0.3 is 0 Å². The summed E-state index contributed by atoms with van der Waals surface area (Å²) in [6.07, 6.45) is 4.77. The van der Waals surface area contributed by atoms with Crippen molar-refractivity contribution >= 4 is 11.6 Å². The lowest BCUT2D eigenvalue weighted by Crippen LogP contribution is -2.57. The van der Waals surface area contributed by atoms with Crippen LogP contribution in [0.2, 0.25) is 5.02 Å². The fourth-order valence-electron chi connectivity index (χ4n) is 3.87. The average molecular weight is 329 g/mol. The number of nitrogens with one attached hydrogen (secondary N) is 2. The number of rotatable bonds is 5. The Morgan fingerprint density at radius 3 is 2.52 bits per heavy atom. The van der Waals surface area contributed by atoms with Crippen molar-refractivity contribution in [2.24, 2.45) is 0 Å². The average Bonchev–Trinajstić information content (AvgIpc) is 2.61. The fourth-order valence-corrected chi connectivity index (χ4v) is 4.17. The molecule has 0 spiro atoms. The molecule has 0 aromatic heterocycles. The van der Waals surface area contributed by atoms with E-state index in [1.165, 1.54) is 30.4 Å². The van der Waals surface area contributed by atoms with E-state index in [4.69, 9.17) is 11.6 Å². The Morgan fingerprint density at radius 2 is 1.78 bits per heavy atom. The Balaban J connectivity index is 1.85. The Kier molecular flexibility index (Phi) is 5.37. The smallest absolute Gasteiger partial charge is 0.0602 e. The van der Waals surface area contributed by atoms with Crippen molar-refractivity contribution in [2.45, 2.75) is 43.8 Å². The van der Waals surface area contributed by atoms with Gasteiger partial charge in [-0.2, -0.15) is 0 Å². The van der Waals surface area contributed by atoms with E-state index < -0.39 is 0 Å². The zero-order valence-electron chi connectivity index (χ0n) is 13.7. The third-order valence-electron chi connectivity index (χ3n) is 5.10. The first kappa shape index (κ1) is 16.5. The minimum Gasteiger partial charge on any atom is -0.309 e. The molecule has 3 heteroatoms. The molecule has 1 saturated carbocycles. The van der Waals surface area contributed by atoms with Gasteiger partial charge in [-0.25, -0.2) is 0 Å². The summed E-state index contributed by atoms with van der Waals surface area (Å²) in [7, 11) is 2.06. The molecule has 1 aliphatic rings. The number of likely N-dealkylation sites (N-methyl/N-ethyl adjacent to an activating group) is 1. The number of hydrogen-bond acceptors (Lipinski definition) is 2. The summed E-state index contributed by atoms with van der Waals surface area (Å²) >= 11 is 6.54. The number of halogens is 1. The SMILES string of the molecule is CN[C@@]1(c2ccccc2Cl)CCCC[C@@H]1NCc1ccccc1. The second kappa shape index (κ2) is 7.48. The van der Waals surface area contributed by atoms with Crippen LogP contribution in [0.25, 0.3) is 0 Å². The maximum atomic E-state index is 6.54. The lowest BCUT2D eigenvalue weighted by atomic mass is 9.72. The standard InChI is InChI=1S/C20H25ClN2/c1-22-20(17-11-5-6-12-18(17)21)14-8-7-13-19(20)23-15-16-9-3-2-4-10-16/h2-6,9-12,19,22-23H,7-8,13-15H2,1H3/t19-,20+/m0/s1. The lowest BCUT2D eigenvalue weighted by Gasteiger charge is -2.45. The van der Waals surface area contributed by atoms with Gasteiger partial charge in [0.1, 0.15) is 0 Å². The second-order valence-electron chi connectivity index (χ2n) is 6.37. The lowest BCUT2D eigenvalue weighted by molar-refractivity contribution is 0.177. The molecule has 2 aromatic carbocycles. The summed E-state index contributed by atoms with van der Waals surface area (Å²) in [6.45, 7) is 0.888. The highest BCUT2D eigenvalue weighted by Crippen LogP contribution is 2.40. The van der Waals surface area contributed by atoms with Crippen molar-refractivity contribution in [3.05, 3.63) is 70.7 Å². The molecule has 0 heterocycles. The molecule has 0 unspecified atom stereocenters. The third kappa shape index (κ3) is 3.45. The van der Waals surface area contributed by atoms with Crippen molar-refractivity contribution in [3.8, 4) is 0 Å². The quantitative estimate of drug-likeness (QED) is 0.845. The van der Waals surface area contributed by atoms with Gasteiger partial charge in [-0.1, -0.05) is 73.0 Å². The van der Waals surface area contributed by atoms with E-state index >= 15 is 0 Å². The van der Waals surface area contributed by atoms with Gasteiger partial charge in [-0.3, -0.25) is 0 Å². The molecule has 2 aromatic rings. The molecule has 0 radical (unpaired) electrons. The Bertz CT molecular complexity index is 629. The normalized spacial score (nSPS) is 24.5. The van der Waals surface area contributed by atoms with E-state index in [1.807, 2.05) is 12.1 Å². The second-order valence-corrected chi connectivity index (χ2v) is 6.77. The highest BCUT2D eigenvalue weighted by atomic mass is 35.5. The maximum Gasteiger partial charge on any atom is 0.0602 e. The molecule has 122 valence electrons. The van der Waals surface area contributed by atoms with Gasteiger partial charge in [-0.15, -0.1) is 0 Å². The Morgan fingerprint density at radius 1 is 1.04 bits per heavy atom. The minimum atomic E-state index is -0.0919. The van der Waals surface area contributed by atoms with Crippen LogP contribution in [0.15, 0.2) is 54.6 Å². The molecule has 23 heavy (non-hydrogen) atoms. The van der Waals surface area contributed by atoms with E-state index in [9.17, 15) is 0 Å². The van der Waals surface area contributed by atoms with Gasteiger partial charge in [0.15, 0.2) is 0 Å². The molecule has 1 fully saturated rings. The van der Waals surface area contributed by atoms with Gasteiger partial charge in [0, 0.05) is 17.6 Å². The zero-order chi connectivity index (χ0) is 16.1. The molecule has 2 atom stereocenters. The summed E-state index contributed by atoms with van der Waals surface area (Å²) < 4.78 is 0. The highest BCUT2D eigenvalue weighted by molar-refractivity contribution is 6.31. The van der Waals surface area contributed by atoms with Crippen molar-refractivity contribution < 1.29 is 0 Å². The van der Waals surface area contributed by atoms with E-state index in [1.54, 1.807) is 0 Å².